The summed E-state index contributed by atoms with van der Waals surface area (Å²) in [5.41, 5.74) is 7.08. The molecule has 1 heterocycles. The average molecular weight is 743 g/mol. The van der Waals surface area contributed by atoms with Crippen LogP contribution in [0.5, 0.6) is 5.75 Å². The van der Waals surface area contributed by atoms with Crippen LogP contribution in [0.25, 0.3) is 11.1 Å². The summed E-state index contributed by atoms with van der Waals surface area (Å²) < 4.78 is 44.6. The van der Waals surface area contributed by atoms with Gasteiger partial charge in [0.05, 0.1) is 16.8 Å². The molecule has 0 saturated carbocycles. The van der Waals surface area contributed by atoms with Gasteiger partial charge in [-0.2, -0.15) is 13.2 Å². The van der Waals surface area contributed by atoms with Crippen LogP contribution in [-0.2, 0) is 23.0 Å². The summed E-state index contributed by atoms with van der Waals surface area (Å²) in [6, 6.07) is 53.6. The minimum atomic E-state index is -4.35. The van der Waals surface area contributed by atoms with E-state index in [1.165, 1.54) is 34.4 Å². The summed E-state index contributed by atoms with van der Waals surface area (Å²) in [5.74, 6) is 1.69. The molecule has 6 aromatic rings. The maximum absolute atomic E-state index is 12.9. The molecule has 0 spiro atoms. The van der Waals surface area contributed by atoms with Crippen LogP contribution in [0.4, 0.5) is 13.2 Å². The van der Waals surface area contributed by atoms with E-state index in [2.05, 4.69) is 113 Å². The Labute approximate surface area is 319 Å². The third kappa shape index (κ3) is 8.40. The molecule has 0 aliphatic carbocycles. The normalized spacial score (nSPS) is 15.3. The first-order valence-electron chi connectivity index (χ1n) is 18.0. The average Bonchev–Trinajstić information content (AvgIpc) is 3.68. The van der Waals surface area contributed by atoms with Crippen LogP contribution < -0.4 is 4.74 Å². The van der Waals surface area contributed by atoms with E-state index in [4.69, 9.17) is 9.57 Å². The fourth-order valence-electron chi connectivity index (χ4n) is 7.12. The molecule has 0 aromatic heterocycles. The van der Waals surface area contributed by atoms with Crippen LogP contribution in [0.15, 0.2) is 169 Å². The van der Waals surface area contributed by atoms with Gasteiger partial charge in [-0.15, -0.1) is 11.8 Å². The molecular weight excluding hydrogens is 702 g/mol. The predicted octanol–water partition coefficient (Wildman–Crippen LogP) is 11.1. The van der Waals surface area contributed by atoms with E-state index >= 15 is 0 Å². The minimum Gasteiger partial charge on any atom is -0.490 e. The molecule has 6 aromatic carbocycles. The van der Waals surface area contributed by atoms with Crippen molar-refractivity contribution in [2.24, 2.45) is 5.16 Å². The summed E-state index contributed by atoms with van der Waals surface area (Å²) in [4.78, 5) is 8.17. The Balaban J connectivity index is 0.922. The van der Waals surface area contributed by atoms with Crippen molar-refractivity contribution in [3.8, 4) is 16.9 Å². The van der Waals surface area contributed by atoms with Crippen molar-refractivity contribution < 1.29 is 22.7 Å². The Kier molecular flexibility index (Phi) is 11.5. The van der Waals surface area contributed by atoms with E-state index in [1.54, 1.807) is 0 Å². The Bertz CT molecular complexity index is 2010. The lowest BCUT2D eigenvalue weighted by Crippen LogP contribution is -2.47. The molecule has 54 heavy (non-hydrogen) atoms. The zero-order valence-corrected chi connectivity index (χ0v) is 30.8. The van der Waals surface area contributed by atoms with Crippen molar-refractivity contribution in [1.29, 1.82) is 0 Å². The highest BCUT2D eigenvalue weighted by Gasteiger charge is 2.45. The van der Waals surface area contributed by atoms with Crippen molar-refractivity contribution in [2.45, 2.75) is 30.3 Å². The summed E-state index contributed by atoms with van der Waals surface area (Å²) >= 11 is 2.01. The zero-order chi connectivity index (χ0) is 37.4. The number of hydrogen-bond acceptors (Lipinski definition) is 5. The Morgan fingerprint density at radius 3 is 1.69 bits per heavy atom. The maximum Gasteiger partial charge on any atom is 0.416 e. The highest BCUT2D eigenvalue weighted by atomic mass is 32.2. The predicted molar refractivity (Wildman–Crippen MR) is 213 cm³/mol. The number of thioether (sulfide) groups is 1. The van der Waals surface area contributed by atoms with Gasteiger partial charge in [0, 0.05) is 17.7 Å². The van der Waals surface area contributed by atoms with Gasteiger partial charge in [-0.1, -0.05) is 145 Å². The summed E-state index contributed by atoms with van der Waals surface area (Å²) in [6.07, 6.45) is -3.40. The number of ether oxygens (including phenoxy) is 1. The number of benzene rings is 6. The van der Waals surface area contributed by atoms with Crippen LogP contribution in [0.3, 0.4) is 0 Å². The molecule has 8 heteroatoms. The summed E-state index contributed by atoms with van der Waals surface area (Å²) in [7, 11) is 0. The van der Waals surface area contributed by atoms with Crippen molar-refractivity contribution in [3.05, 3.63) is 197 Å². The van der Waals surface area contributed by atoms with Crippen molar-refractivity contribution >= 4 is 17.5 Å². The topological polar surface area (TPSA) is 34.1 Å². The monoisotopic (exact) mass is 742 g/mol. The van der Waals surface area contributed by atoms with Gasteiger partial charge in [0.1, 0.15) is 12.4 Å². The molecule has 0 bridgehead atoms. The number of alkyl halides is 3. The minimum absolute atomic E-state index is 0.281. The SMILES string of the molecule is CC(=NOCCOc1ccc(CC2CN(C(c3ccccc3)(c3ccccc3)c3ccccc3)CS2)cc1)c1ccc(-c2ccc(C(F)(F)F)cc2)cc1. The molecule has 1 unspecified atom stereocenters. The molecule has 7 rings (SSSR count). The van der Waals surface area contributed by atoms with Gasteiger partial charge in [-0.05, 0) is 76.6 Å². The standard InChI is InChI=1S/C46H41F3N2O2S/c1-34(36-19-21-37(22-20-36)38-23-25-42(26-24-38)46(47,48)49)50-53-30-29-52-43-27-17-35(18-28-43)31-44-32-51(33-54-44)45(39-11-5-2-6-12-39,40-13-7-3-8-14-40)41-15-9-4-10-16-41/h2-28,44H,29-33H2,1H3. The fourth-order valence-corrected chi connectivity index (χ4v) is 8.41. The van der Waals surface area contributed by atoms with Gasteiger partial charge in [0.15, 0.2) is 6.61 Å². The lowest BCUT2D eigenvalue weighted by molar-refractivity contribution is -0.137. The molecule has 0 radical (unpaired) electrons. The van der Waals surface area contributed by atoms with Gasteiger partial charge in [0.25, 0.3) is 0 Å². The molecule has 0 N–H and O–H groups in total. The van der Waals surface area contributed by atoms with Crippen LogP contribution in [0.2, 0.25) is 0 Å². The smallest absolute Gasteiger partial charge is 0.416 e. The largest absolute Gasteiger partial charge is 0.490 e. The molecule has 1 aliphatic heterocycles. The number of rotatable bonds is 13. The van der Waals surface area contributed by atoms with Gasteiger partial charge in [0.2, 0.25) is 0 Å². The second-order valence-electron chi connectivity index (χ2n) is 13.3. The third-order valence-electron chi connectivity index (χ3n) is 9.82. The molecule has 4 nitrogen and oxygen atoms in total. The van der Waals surface area contributed by atoms with Gasteiger partial charge in [-0.25, -0.2) is 0 Å². The van der Waals surface area contributed by atoms with E-state index in [0.717, 1.165) is 47.9 Å². The lowest BCUT2D eigenvalue weighted by Gasteiger charge is -2.43. The first-order valence-corrected chi connectivity index (χ1v) is 19.0. The van der Waals surface area contributed by atoms with Gasteiger partial charge in [-0.3, -0.25) is 4.90 Å². The lowest BCUT2D eigenvalue weighted by atomic mass is 9.75. The molecule has 1 saturated heterocycles. The molecular formula is C46H41F3N2O2S. The van der Waals surface area contributed by atoms with Crippen molar-refractivity contribution in [2.75, 3.05) is 25.6 Å². The first-order chi connectivity index (χ1) is 26.3. The van der Waals surface area contributed by atoms with E-state index in [1.807, 2.05) is 55.1 Å². The van der Waals surface area contributed by atoms with Crippen LogP contribution in [-0.4, -0.2) is 41.5 Å². The van der Waals surface area contributed by atoms with E-state index in [0.29, 0.717) is 23.1 Å². The van der Waals surface area contributed by atoms with Gasteiger partial charge >= 0.3 is 6.18 Å². The van der Waals surface area contributed by atoms with Crippen LogP contribution in [0, 0.1) is 0 Å². The Hall–Kier alpha value is -5.31. The summed E-state index contributed by atoms with van der Waals surface area (Å²) in [5, 5.41) is 4.66. The fraction of sp³-hybridized carbons (Fsp3) is 0.196. The van der Waals surface area contributed by atoms with Crippen LogP contribution in [0.1, 0.15) is 40.3 Å². The van der Waals surface area contributed by atoms with E-state index in [9.17, 15) is 13.2 Å². The quantitative estimate of drug-likeness (QED) is 0.0511. The molecule has 1 aliphatic rings. The van der Waals surface area contributed by atoms with Crippen molar-refractivity contribution in [1.82, 2.24) is 4.90 Å². The highest BCUT2D eigenvalue weighted by Crippen LogP contribution is 2.46. The third-order valence-corrected chi connectivity index (χ3v) is 11.1. The van der Waals surface area contributed by atoms with Gasteiger partial charge < -0.3 is 9.57 Å². The number of nitrogens with zero attached hydrogens (tertiary/aromatic N) is 2. The zero-order valence-electron chi connectivity index (χ0n) is 30.0. The summed E-state index contributed by atoms with van der Waals surface area (Å²) in [6.45, 7) is 3.42. The number of oxime groups is 1. The number of halogens is 3. The van der Waals surface area contributed by atoms with E-state index < -0.39 is 17.3 Å². The molecule has 1 atom stereocenters. The Morgan fingerprint density at radius 2 is 1.17 bits per heavy atom. The maximum atomic E-state index is 12.9. The number of hydrogen-bond donors (Lipinski definition) is 0. The second-order valence-corrected chi connectivity index (χ2v) is 14.6. The van der Waals surface area contributed by atoms with Crippen LogP contribution >= 0.6 is 11.8 Å². The molecule has 274 valence electrons. The second kappa shape index (κ2) is 16.8. The van der Waals surface area contributed by atoms with E-state index in [-0.39, 0.29) is 6.61 Å². The Morgan fingerprint density at radius 1 is 0.648 bits per heavy atom. The molecule has 0 amide bonds. The van der Waals surface area contributed by atoms with Crippen molar-refractivity contribution in [3.63, 3.8) is 0 Å². The first kappa shape index (κ1) is 37.0. The molecule has 1 fully saturated rings. The highest BCUT2D eigenvalue weighted by molar-refractivity contribution is 8.00.